The molecule has 0 aliphatic heterocycles. The SMILES string of the molecule is OC(F)(F)C(C(F)(F)F)(C(F)(C(F)(F)F)C(F)(F)F)C(F)(C(F)(F)F)C(F)(F)F. The second-order valence-corrected chi connectivity index (χ2v) is 5.10. The van der Waals surface area contributed by atoms with Crippen LogP contribution >= 0.6 is 0 Å². The normalized spacial score (nSPS) is 17.0. The summed E-state index contributed by atoms with van der Waals surface area (Å²) in [5.41, 5.74) is -28.4. The van der Waals surface area contributed by atoms with Gasteiger partial charge in [0.15, 0.2) is 0 Å². The van der Waals surface area contributed by atoms with Crippen molar-refractivity contribution in [2.45, 2.75) is 48.3 Å². The Morgan fingerprint density at radius 2 is 0.483 bits per heavy atom. The number of halogens is 19. The maximum Gasteiger partial charge on any atom is 0.433 e. The number of hydrogen-bond donors (Lipinski definition) is 1. The Morgan fingerprint density at radius 1 is 0.310 bits per heavy atom. The Kier molecular flexibility index (Phi) is 6.02. The Morgan fingerprint density at radius 3 is 0.552 bits per heavy atom. The van der Waals surface area contributed by atoms with Crippen LogP contribution in [0.15, 0.2) is 0 Å². The molecular formula is C9HF19O. The van der Waals surface area contributed by atoms with E-state index in [9.17, 15) is 83.4 Å². The van der Waals surface area contributed by atoms with Gasteiger partial charge in [0.2, 0.25) is 0 Å². The van der Waals surface area contributed by atoms with Crippen molar-refractivity contribution in [1.29, 1.82) is 0 Å². The zero-order valence-electron chi connectivity index (χ0n) is 12.1. The Labute approximate surface area is 144 Å². The minimum Gasteiger partial charge on any atom is -0.335 e. The molecule has 176 valence electrons. The summed E-state index contributed by atoms with van der Waals surface area (Å²) in [5.74, 6) is 0. The first kappa shape index (κ1) is 27.6. The molecule has 0 atom stereocenters. The summed E-state index contributed by atoms with van der Waals surface area (Å²) >= 11 is 0. The second kappa shape index (κ2) is 6.32. The molecule has 0 aromatic rings. The molecule has 0 amide bonds. The molecule has 0 radical (unpaired) electrons. The van der Waals surface area contributed by atoms with Crippen LogP contribution in [0.3, 0.4) is 0 Å². The van der Waals surface area contributed by atoms with E-state index in [-0.39, 0.29) is 0 Å². The maximum absolute atomic E-state index is 13.8. The number of aliphatic hydroxyl groups is 1. The van der Waals surface area contributed by atoms with Crippen LogP contribution in [0.4, 0.5) is 83.4 Å². The van der Waals surface area contributed by atoms with Crippen molar-refractivity contribution < 1.29 is 88.5 Å². The highest BCUT2D eigenvalue weighted by Crippen LogP contribution is 2.75. The summed E-state index contributed by atoms with van der Waals surface area (Å²) in [6.45, 7) is 0. The summed E-state index contributed by atoms with van der Waals surface area (Å²) in [5, 5.41) is 7.85. The fourth-order valence-corrected chi connectivity index (χ4v) is 2.38. The molecular weight excluding hydrogens is 485 g/mol. The van der Waals surface area contributed by atoms with E-state index in [0.29, 0.717) is 0 Å². The quantitative estimate of drug-likeness (QED) is 0.502. The lowest BCUT2D eigenvalue weighted by atomic mass is 9.59. The standard InChI is InChI=1S/C9HF19O/c10-2(5(15,16)17,6(18,19)20)1(4(12,13)14,9(27,28)29)3(11,7(21,22)23)8(24,25)26/h29H. The molecule has 1 N–H and O–H groups in total. The van der Waals surface area contributed by atoms with E-state index < -0.39 is 53.7 Å². The van der Waals surface area contributed by atoms with Gasteiger partial charge in [-0.25, -0.2) is 8.78 Å². The van der Waals surface area contributed by atoms with E-state index in [4.69, 9.17) is 5.11 Å². The van der Waals surface area contributed by atoms with E-state index in [2.05, 4.69) is 0 Å². The Hall–Kier alpha value is -1.37. The first-order valence-electron chi connectivity index (χ1n) is 5.81. The van der Waals surface area contributed by atoms with Gasteiger partial charge >= 0.3 is 48.3 Å². The molecule has 1 nitrogen and oxygen atoms in total. The summed E-state index contributed by atoms with van der Waals surface area (Å²) in [6, 6.07) is 0. The summed E-state index contributed by atoms with van der Waals surface area (Å²) in [6.07, 6.45) is -52.8. The van der Waals surface area contributed by atoms with Gasteiger partial charge in [-0.05, 0) is 0 Å². The molecule has 0 aromatic heterocycles. The largest absolute Gasteiger partial charge is 0.433 e. The van der Waals surface area contributed by atoms with Gasteiger partial charge in [-0.2, -0.15) is 74.6 Å². The van der Waals surface area contributed by atoms with Gasteiger partial charge in [0.25, 0.3) is 5.41 Å². The minimum atomic E-state index is -9.59. The Bertz CT molecular complexity index is 508. The van der Waals surface area contributed by atoms with Crippen molar-refractivity contribution >= 4 is 0 Å². The van der Waals surface area contributed by atoms with E-state index >= 15 is 0 Å². The lowest BCUT2D eigenvalue weighted by Gasteiger charge is -2.54. The van der Waals surface area contributed by atoms with Gasteiger partial charge in [-0.3, -0.25) is 0 Å². The molecule has 0 fully saturated rings. The zero-order valence-corrected chi connectivity index (χ0v) is 12.1. The Balaban J connectivity index is 8.46. The molecule has 29 heavy (non-hydrogen) atoms. The van der Waals surface area contributed by atoms with E-state index in [1.54, 1.807) is 0 Å². The maximum atomic E-state index is 13.8. The van der Waals surface area contributed by atoms with Crippen LogP contribution in [-0.2, 0) is 0 Å². The van der Waals surface area contributed by atoms with Gasteiger partial charge in [0.05, 0.1) is 0 Å². The van der Waals surface area contributed by atoms with Crippen molar-refractivity contribution in [3.63, 3.8) is 0 Å². The molecule has 0 spiro atoms. The van der Waals surface area contributed by atoms with E-state index in [1.807, 2.05) is 0 Å². The van der Waals surface area contributed by atoms with Crippen molar-refractivity contribution in [2.24, 2.45) is 5.41 Å². The molecule has 0 aliphatic carbocycles. The van der Waals surface area contributed by atoms with Gasteiger partial charge in [-0.15, -0.1) is 0 Å². The summed E-state index contributed by atoms with van der Waals surface area (Å²) in [7, 11) is 0. The second-order valence-electron chi connectivity index (χ2n) is 5.10. The van der Waals surface area contributed by atoms with E-state index in [1.165, 1.54) is 0 Å². The van der Waals surface area contributed by atoms with Crippen LogP contribution in [0.2, 0.25) is 0 Å². The molecule has 0 saturated heterocycles. The van der Waals surface area contributed by atoms with Crippen LogP contribution in [0.25, 0.3) is 0 Å². The van der Waals surface area contributed by atoms with Crippen molar-refractivity contribution in [3.8, 4) is 0 Å². The predicted molar refractivity (Wildman–Crippen MR) is 47.6 cm³/mol. The van der Waals surface area contributed by atoms with Crippen molar-refractivity contribution in [2.75, 3.05) is 0 Å². The number of hydrogen-bond acceptors (Lipinski definition) is 1. The first-order valence-corrected chi connectivity index (χ1v) is 5.81. The molecule has 0 heterocycles. The number of alkyl halides is 19. The number of rotatable bonds is 3. The fourth-order valence-electron chi connectivity index (χ4n) is 2.38. The van der Waals surface area contributed by atoms with Crippen LogP contribution in [-0.4, -0.2) is 53.4 Å². The smallest absolute Gasteiger partial charge is 0.335 e. The molecule has 0 aromatic carbocycles. The molecule has 20 heteroatoms. The molecule has 0 saturated carbocycles. The minimum absolute atomic E-state index is 7.85. The highest BCUT2D eigenvalue weighted by molar-refractivity contribution is 5.27. The molecule has 0 unspecified atom stereocenters. The predicted octanol–water partition coefficient (Wildman–Crippen LogP) is 5.79. The van der Waals surface area contributed by atoms with Gasteiger partial charge in [0.1, 0.15) is 0 Å². The third-order valence-corrected chi connectivity index (χ3v) is 3.47. The van der Waals surface area contributed by atoms with Crippen LogP contribution in [0, 0.1) is 5.41 Å². The first-order chi connectivity index (χ1) is 12.0. The topological polar surface area (TPSA) is 20.2 Å². The summed E-state index contributed by atoms with van der Waals surface area (Å²) < 4.78 is 243. The van der Waals surface area contributed by atoms with Crippen molar-refractivity contribution in [3.05, 3.63) is 0 Å². The molecule has 0 bridgehead atoms. The summed E-state index contributed by atoms with van der Waals surface area (Å²) in [4.78, 5) is 0. The highest BCUT2D eigenvalue weighted by Gasteiger charge is 3.06. The third-order valence-electron chi connectivity index (χ3n) is 3.47. The zero-order chi connectivity index (χ0) is 24.5. The van der Waals surface area contributed by atoms with Crippen LogP contribution in [0.1, 0.15) is 0 Å². The van der Waals surface area contributed by atoms with E-state index in [0.717, 1.165) is 0 Å². The van der Waals surface area contributed by atoms with Crippen molar-refractivity contribution in [1.82, 2.24) is 0 Å². The van der Waals surface area contributed by atoms with Gasteiger partial charge in [-0.1, -0.05) is 0 Å². The average Bonchev–Trinajstić information content (AvgIpc) is 2.29. The average molecular weight is 486 g/mol. The molecule has 0 rings (SSSR count). The fraction of sp³-hybridized carbons (Fsp3) is 1.00. The van der Waals surface area contributed by atoms with Crippen LogP contribution < -0.4 is 0 Å². The monoisotopic (exact) mass is 486 g/mol. The lowest BCUT2D eigenvalue weighted by Crippen LogP contribution is -2.85. The van der Waals surface area contributed by atoms with Gasteiger partial charge in [0, 0.05) is 0 Å². The van der Waals surface area contributed by atoms with Gasteiger partial charge < -0.3 is 5.11 Å². The third kappa shape index (κ3) is 3.24. The highest BCUT2D eigenvalue weighted by atomic mass is 19.4. The molecule has 0 aliphatic rings. The van der Waals surface area contributed by atoms with Crippen LogP contribution in [0.5, 0.6) is 0 Å². The lowest BCUT2D eigenvalue weighted by molar-refractivity contribution is -0.542.